The van der Waals surface area contributed by atoms with Gasteiger partial charge in [-0.2, -0.15) is 0 Å². The summed E-state index contributed by atoms with van der Waals surface area (Å²) >= 11 is 0. The monoisotopic (exact) mass is 641 g/mol. The molecule has 0 saturated carbocycles. The maximum atomic E-state index is 2.61. The van der Waals surface area contributed by atoms with E-state index in [4.69, 9.17) is 0 Å². The summed E-state index contributed by atoms with van der Waals surface area (Å²) in [4.78, 5) is 2.61. The Bertz CT molecular complexity index is 2220. The molecule has 1 heteroatoms. The summed E-state index contributed by atoms with van der Waals surface area (Å²) in [5.74, 6) is 0.440. The smallest absolute Gasteiger partial charge is 0.0734 e. The van der Waals surface area contributed by atoms with Crippen molar-refractivity contribution in [2.45, 2.75) is 24.3 Å². The van der Waals surface area contributed by atoms with E-state index in [2.05, 4.69) is 205 Å². The molecule has 6 aromatic rings. The van der Waals surface area contributed by atoms with Crippen LogP contribution in [0.1, 0.15) is 35.1 Å². The quantitative estimate of drug-likeness (QED) is 0.167. The summed E-state index contributed by atoms with van der Waals surface area (Å²) in [5.41, 5.74) is 13.6. The van der Waals surface area contributed by atoms with E-state index < -0.39 is 5.41 Å². The van der Waals surface area contributed by atoms with Crippen molar-refractivity contribution in [3.8, 4) is 22.3 Å². The number of hydrogen-bond donors (Lipinski definition) is 0. The predicted molar refractivity (Wildman–Crippen MR) is 210 cm³/mol. The fourth-order valence-electron chi connectivity index (χ4n) is 8.56. The second-order valence-corrected chi connectivity index (χ2v) is 13.5. The third kappa shape index (κ3) is 5.01. The zero-order valence-corrected chi connectivity index (χ0v) is 28.1. The molecule has 3 aliphatic carbocycles. The Hall–Kier alpha value is -5.92. The standard InChI is InChI=1S/C49H39N/c1-5-16-36(17-6-1)38-28-32-42(33-29-38)50(43-34-30-39(31-35-43)37-18-7-2-8-19-37)47-27-15-25-45-44-24-13-14-26-46(44)49(48(45)47,40-20-9-3-10-21-40)41-22-11-4-12-23-41/h1-18,20-34,37,43H,19,35H2. The van der Waals surface area contributed by atoms with Crippen molar-refractivity contribution in [2.24, 2.45) is 5.92 Å². The van der Waals surface area contributed by atoms with Crippen molar-refractivity contribution < 1.29 is 0 Å². The third-order valence-corrected chi connectivity index (χ3v) is 10.8. The molecule has 0 aromatic heterocycles. The van der Waals surface area contributed by atoms with Gasteiger partial charge in [0.25, 0.3) is 0 Å². The lowest BCUT2D eigenvalue weighted by atomic mass is 9.67. The van der Waals surface area contributed by atoms with Crippen molar-refractivity contribution in [3.05, 3.63) is 228 Å². The molecule has 50 heavy (non-hydrogen) atoms. The van der Waals surface area contributed by atoms with Crippen LogP contribution in [0.5, 0.6) is 0 Å². The summed E-state index contributed by atoms with van der Waals surface area (Å²) < 4.78 is 0. The minimum atomic E-state index is -0.494. The second kappa shape index (κ2) is 12.8. The summed E-state index contributed by atoms with van der Waals surface area (Å²) in [6.07, 6.45) is 18.3. The SMILES string of the molecule is C1=CCC(C2=CCC(N(c3ccc(-c4ccccc4)cc3)c3cccc4c3C(c3ccccc3)(c3ccccc3)c3ccccc3-4)C=C2)C=C1. The van der Waals surface area contributed by atoms with Crippen molar-refractivity contribution >= 4 is 11.4 Å². The normalized spacial score (nSPS) is 18.3. The molecule has 0 bridgehead atoms. The van der Waals surface area contributed by atoms with Gasteiger partial charge in [-0.05, 0) is 75.6 Å². The molecule has 240 valence electrons. The lowest BCUT2D eigenvalue weighted by Crippen LogP contribution is -2.35. The van der Waals surface area contributed by atoms with E-state index in [0.29, 0.717) is 5.92 Å². The average Bonchev–Trinajstić information content (AvgIpc) is 3.52. The van der Waals surface area contributed by atoms with Crippen LogP contribution in [0, 0.1) is 5.92 Å². The molecule has 3 aliphatic rings. The highest BCUT2D eigenvalue weighted by Crippen LogP contribution is 2.59. The Kier molecular flexibility index (Phi) is 7.75. The Labute approximate surface area is 295 Å². The van der Waals surface area contributed by atoms with E-state index in [-0.39, 0.29) is 6.04 Å². The Morgan fingerprint density at radius 2 is 1.16 bits per heavy atom. The van der Waals surface area contributed by atoms with Crippen LogP contribution in [0.4, 0.5) is 11.4 Å². The molecule has 0 spiro atoms. The average molecular weight is 642 g/mol. The highest BCUT2D eigenvalue weighted by molar-refractivity contribution is 5.92. The van der Waals surface area contributed by atoms with Gasteiger partial charge in [0.2, 0.25) is 0 Å². The summed E-state index contributed by atoms with van der Waals surface area (Å²) in [6, 6.07) is 58.3. The number of allylic oxidation sites excluding steroid dienone is 6. The summed E-state index contributed by atoms with van der Waals surface area (Å²) in [5, 5.41) is 0. The molecule has 9 rings (SSSR count). The first-order chi connectivity index (χ1) is 24.8. The van der Waals surface area contributed by atoms with Gasteiger partial charge in [-0.3, -0.25) is 0 Å². The van der Waals surface area contributed by atoms with E-state index in [1.165, 1.54) is 61.5 Å². The van der Waals surface area contributed by atoms with Crippen LogP contribution in [0.2, 0.25) is 0 Å². The van der Waals surface area contributed by atoms with Gasteiger partial charge in [0, 0.05) is 22.9 Å². The highest BCUT2D eigenvalue weighted by atomic mass is 15.2. The number of benzene rings is 6. The number of fused-ring (bicyclic) bond motifs is 3. The first-order valence-electron chi connectivity index (χ1n) is 17.8. The van der Waals surface area contributed by atoms with Crippen LogP contribution in [-0.2, 0) is 5.41 Å². The molecule has 0 radical (unpaired) electrons. The Balaban J connectivity index is 1.27. The van der Waals surface area contributed by atoms with Gasteiger partial charge in [0.05, 0.1) is 11.5 Å². The molecule has 0 aliphatic heterocycles. The molecule has 2 atom stereocenters. The molecule has 0 amide bonds. The molecular weight excluding hydrogens is 603 g/mol. The number of nitrogens with zero attached hydrogens (tertiary/aromatic N) is 1. The van der Waals surface area contributed by atoms with Crippen molar-refractivity contribution in [1.29, 1.82) is 0 Å². The molecular formula is C49H39N. The van der Waals surface area contributed by atoms with Gasteiger partial charge in [-0.1, -0.05) is 182 Å². The Morgan fingerprint density at radius 1 is 0.520 bits per heavy atom. The summed E-state index contributed by atoms with van der Waals surface area (Å²) in [7, 11) is 0. The number of hydrogen-bond acceptors (Lipinski definition) is 1. The molecule has 0 fully saturated rings. The highest BCUT2D eigenvalue weighted by Gasteiger charge is 2.48. The van der Waals surface area contributed by atoms with Crippen molar-refractivity contribution in [3.63, 3.8) is 0 Å². The molecule has 6 aromatic carbocycles. The minimum absolute atomic E-state index is 0.142. The zero-order valence-electron chi connectivity index (χ0n) is 28.1. The maximum absolute atomic E-state index is 2.61. The second-order valence-electron chi connectivity index (χ2n) is 13.5. The van der Waals surface area contributed by atoms with E-state index in [0.717, 1.165) is 12.8 Å². The Morgan fingerprint density at radius 3 is 1.82 bits per heavy atom. The van der Waals surface area contributed by atoms with Crippen LogP contribution in [0.25, 0.3) is 22.3 Å². The van der Waals surface area contributed by atoms with Gasteiger partial charge in [-0.25, -0.2) is 0 Å². The lowest BCUT2D eigenvalue weighted by Gasteiger charge is -2.40. The predicted octanol–water partition coefficient (Wildman–Crippen LogP) is 12.2. The van der Waals surface area contributed by atoms with Crippen molar-refractivity contribution in [1.82, 2.24) is 0 Å². The maximum Gasteiger partial charge on any atom is 0.0734 e. The van der Waals surface area contributed by atoms with Crippen LogP contribution < -0.4 is 4.90 Å². The zero-order chi connectivity index (χ0) is 33.3. The van der Waals surface area contributed by atoms with Crippen LogP contribution in [0.3, 0.4) is 0 Å². The van der Waals surface area contributed by atoms with Crippen LogP contribution in [0.15, 0.2) is 206 Å². The van der Waals surface area contributed by atoms with E-state index in [1.807, 2.05) is 0 Å². The van der Waals surface area contributed by atoms with Gasteiger partial charge >= 0.3 is 0 Å². The van der Waals surface area contributed by atoms with E-state index in [9.17, 15) is 0 Å². The summed E-state index contributed by atoms with van der Waals surface area (Å²) in [6.45, 7) is 0. The van der Waals surface area contributed by atoms with Gasteiger partial charge in [0.15, 0.2) is 0 Å². The first-order valence-corrected chi connectivity index (χ1v) is 17.8. The van der Waals surface area contributed by atoms with Crippen LogP contribution in [-0.4, -0.2) is 6.04 Å². The van der Waals surface area contributed by atoms with Crippen LogP contribution >= 0.6 is 0 Å². The topological polar surface area (TPSA) is 3.24 Å². The molecule has 1 nitrogen and oxygen atoms in total. The van der Waals surface area contributed by atoms with Gasteiger partial charge in [0.1, 0.15) is 0 Å². The number of anilines is 2. The molecule has 2 unspecified atom stereocenters. The fourth-order valence-corrected chi connectivity index (χ4v) is 8.56. The third-order valence-electron chi connectivity index (χ3n) is 10.8. The number of rotatable bonds is 7. The van der Waals surface area contributed by atoms with Gasteiger partial charge < -0.3 is 4.90 Å². The molecule has 0 saturated heterocycles. The van der Waals surface area contributed by atoms with E-state index >= 15 is 0 Å². The van der Waals surface area contributed by atoms with Gasteiger partial charge in [-0.15, -0.1) is 0 Å². The molecule has 0 heterocycles. The van der Waals surface area contributed by atoms with E-state index in [1.54, 1.807) is 0 Å². The van der Waals surface area contributed by atoms with Crippen molar-refractivity contribution in [2.75, 3.05) is 4.90 Å². The molecule has 0 N–H and O–H groups in total. The first kappa shape index (κ1) is 30.2. The minimum Gasteiger partial charge on any atom is -0.334 e. The fraction of sp³-hybridized carbons (Fsp3) is 0.102. The lowest BCUT2D eigenvalue weighted by molar-refractivity contribution is 0.719. The largest absolute Gasteiger partial charge is 0.334 e.